The molecule has 2 aliphatic heterocycles. The summed E-state index contributed by atoms with van der Waals surface area (Å²) < 4.78 is 1.90. The number of hydrogen-bond donors (Lipinski definition) is 1. The molecule has 0 bridgehead atoms. The van der Waals surface area contributed by atoms with Crippen molar-refractivity contribution in [3.8, 4) is 11.3 Å². The Balaban J connectivity index is 1.19. The number of nitrogens with zero attached hydrogens (tertiary/aromatic N) is 5. The van der Waals surface area contributed by atoms with Crippen LogP contribution in [0.3, 0.4) is 0 Å². The Hall–Kier alpha value is -2.38. The average Bonchev–Trinajstić information content (AvgIpc) is 3.44. The summed E-state index contributed by atoms with van der Waals surface area (Å²) in [5, 5.41) is 4.43. The van der Waals surface area contributed by atoms with Crippen molar-refractivity contribution in [2.24, 2.45) is 5.41 Å². The third-order valence-electron chi connectivity index (χ3n) is 9.20. The topological polar surface area (TPSA) is 62.1 Å². The highest BCUT2D eigenvalue weighted by molar-refractivity contribution is 8.00. The van der Waals surface area contributed by atoms with Crippen LogP contribution in [0.4, 0.5) is 0 Å². The SMILES string of the molecule is Cc1c(-c2[nH]c3ccc(C4CCC(N5CC6(CSC6)C5)CC4)nc3c2C(C)C)cn2ncnc2c1C. The number of aryl methyl sites for hydroxylation is 1. The Morgan fingerprint density at radius 1 is 1.06 bits per heavy atom. The summed E-state index contributed by atoms with van der Waals surface area (Å²) in [6, 6.07) is 5.34. The summed E-state index contributed by atoms with van der Waals surface area (Å²) >= 11 is 2.13. The zero-order valence-corrected chi connectivity index (χ0v) is 22.7. The van der Waals surface area contributed by atoms with E-state index in [1.807, 2.05) is 4.52 Å². The highest BCUT2D eigenvalue weighted by Crippen LogP contribution is 2.48. The molecular weight excluding hydrogens is 464 g/mol. The van der Waals surface area contributed by atoms with Crippen molar-refractivity contribution in [3.05, 3.63) is 47.0 Å². The van der Waals surface area contributed by atoms with Gasteiger partial charge in [-0.05, 0) is 68.7 Å². The van der Waals surface area contributed by atoms with E-state index < -0.39 is 0 Å². The Labute approximate surface area is 217 Å². The maximum atomic E-state index is 5.34. The lowest BCUT2D eigenvalue weighted by Gasteiger charge is -2.58. The summed E-state index contributed by atoms with van der Waals surface area (Å²) in [7, 11) is 0. The summed E-state index contributed by atoms with van der Waals surface area (Å²) in [6.45, 7) is 11.6. The first kappa shape index (κ1) is 22.8. The lowest BCUT2D eigenvalue weighted by atomic mass is 9.77. The molecule has 0 unspecified atom stereocenters. The van der Waals surface area contributed by atoms with E-state index in [9.17, 15) is 0 Å². The van der Waals surface area contributed by atoms with Crippen LogP contribution in [0.2, 0.25) is 0 Å². The molecule has 6 nitrogen and oxygen atoms in total. The summed E-state index contributed by atoms with van der Waals surface area (Å²) in [6.07, 6.45) is 8.91. The standard InChI is InChI=1S/C29H36N6S/c1-17(2)25-26(22-11-35-28(30-16-31-35)19(4)18(22)3)33-24-10-9-23(32-27(24)25)20-5-7-21(8-6-20)34-12-29(13-34)14-36-15-29/h9-11,16-17,20-21,33H,5-8,12-15H2,1-4H3. The minimum Gasteiger partial charge on any atom is -0.353 e. The quantitative estimate of drug-likeness (QED) is 0.367. The first-order chi connectivity index (χ1) is 17.4. The second kappa shape index (κ2) is 8.32. The molecule has 36 heavy (non-hydrogen) atoms. The van der Waals surface area contributed by atoms with E-state index in [0.717, 1.165) is 22.7 Å². The van der Waals surface area contributed by atoms with Gasteiger partial charge in [0.1, 0.15) is 6.33 Å². The van der Waals surface area contributed by atoms with Crippen molar-refractivity contribution in [2.45, 2.75) is 71.3 Å². The molecule has 0 radical (unpaired) electrons. The van der Waals surface area contributed by atoms with Crippen molar-refractivity contribution >= 4 is 28.4 Å². The fourth-order valence-electron chi connectivity index (χ4n) is 6.94. The van der Waals surface area contributed by atoms with E-state index in [1.54, 1.807) is 6.33 Å². The van der Waals surface area contributed by atoms with Crippen molar-refractivity contribution in [2.75, 3.05) is 24.6 Å². The zero-order chi connectivity index (χ0) is 24.6. The third-order valence-corrected chi connectivity index (χ3v) is 10.8. The van der Waals surface area contributed by atoms with Crippen LogP contribution >= 0.6 is 11.8 Å². The highest BCUT2D eigenvalue weighted by atomic mass is 32.2. The van der Waals surface area contributed by atoms with Crippen LogP contribution in [0.15, 0.2) is 24.7 Å². The minimum absolute atomic E-state index is 0.363. The van der Waals surface area contributed by atoms with Crippen LogP contribution in [-0.2, 0) is 0 Å². The van der Waals surface area contributed by atoms with Crippen LogP contribution in [0.25, 0.3) is 27.9 Å². The monoisotopic (exact) mass is 500 g/mol. The van der Waals surface area contributed by atoms with Gasteiger partial charge in [-0.25, -0.2) is 9.50 Å². The van der Waals surface area contributed by atoms with E-state index in [-0.39, 0.29) is 0 Å². The number of aromatic nitrogens is 5. The number of aromatic amines is 1. The molecule has 1 aliphatic carbocycles. The molecule has 1 spiro atoms. The van der Waals surface area contributed by atoms with E-state index in [0.29, 0.717) is 17.3 Å². The van der Waals surface area contributed by atoms with Crippen LogP contribution in [-0.4, -0.2) is 60.1 Å². The van der Waals surface area contributed by atoms with E-state index in [2.05, 4.69) is 77.8 Å². The zero-order valence-electron chi connectivity index (χ0n) is 21.8. The highest BCUT2D eigenvalue weighted by Gasteiger charge is 2.50. The maximum absolute atomic E-state index is 5.34. The fraction of sp³-hybridized carbons (Fsp3) is 0.552. The molecule has 1 saturated carbocycles. The molecule has 6 heterocycles. The number of H-pyrrole nitrogens is 1. The lowest BCUT2D eigenvalue weighted by Crippen LogP contribution is -2.65. The van der Waals surface area contributed by atoms with Gasteiger partial charge < -0.3 is 4.98 Å². The lowest BCUT2D eigenvalue weighted by molar-refractivity contribution is -0.0200. The largest absolute Gasteiger partial charge is 0.353 e. The summed E-state index contributed by atoms with van der Waals surface area (Å²) in [4.78, 5) is 16.3. The molecular formula is C29H36N6S. The Morgan fingerprint density at radius 3 is 2.53 bits per heavy atom. The number of likely N-dealkylation sites (tertiary alicyclic amines) is 1. The van der Waals surface area contributed by atoms with Gasteiger partial charge in [-0.1, -0.05) is 13.8 Å². The van der Waals surface area contributed by atoms with Crippen molar-refractivity contribution in [3.63, 3.8) is 0 Å². The van der Waals surface area contributed by atoms with Crippen molar-refractivity contribution in [1.29, 1.82) is 0 Å². The van der Waals surface area contributed by atoms with Gasteiger partial charge >= 0.3 is 0 Å². The summed E-state index contributed by atoms with van der Waals surface area (Å²) in [5.41, 5.74) is 11.3. The van der Waals surface area contributed by atoms with E-state index >= 15 is 0 Å². The van der Waals surface area contributed by atoms with Crippen LogP contribution in [0.1, 0.15) is 73.8 Å². The molecule has 0 amide bonds. The Kier molecular flexibility index (Phi) is 5.27. The number of thioether (sulfide) groups is 1. The Bertz CT molecular complexity index is 1450. The van der Waals surface area contributed by atoms with Crippen LogP contribution in [0.5, 0.6) is 0 Å². The van der Waals surface area contributed by atoms with Gasteiger partial charge in [0.25, 0.3) is 0 Å². The Morgan fingerprint density at radius 2 is 1.83 bits per heavy atom. The molecule has 188 valence electrons. The normalized spacial score (nSPS) is 24.0. The van der Waals surface area contributed by atoms with Gasteiger partial charge in [-0.3, -0.25) is 9.88 Å². The van der Waals surface area contributed by atoms with Crippen LogP contribution in [0, 0.1) is 19.3 Å². The molecule has 0 atom stereocenters. The van der Waals surface area contributed by atoms with Gasteiger partial charge in [0, 0.05) is 65.0 Å². The predicted octanol–water partition coefficient (Wildman–Crippen LogP) is 6.09. The van der Waals surface area contributed by atoms with Gasteiger partial charge in [0.15, 0.2) is 5.65 Å². The number of nitrogens with one attached hydrogen (secondary N) is 1. The smallest absolute Gasteiger partial charge is 0.158 e. The number of hydrogen-bond acceptors (Lipinski definition) is 5. The molecule has 4 aromatic heterocycles. The van der Waals surface area contributed by atoms with Gasteiger partial charge in [0.2, 0.25) is 0 Å². The molecule has 2 saturated heterocycles. The number of pyridine rings is 2. The molecule has 7 rings (SSSR count). The second-order valence-electron chi connectivity index (χ2n) is 11.9. The number of fused-ring (bicyclic) bond motifs is 2. The fourth-order valence-corrected chi connectivity index (χ4v) is 8.09. The summed E-state index contributed by atoms with van der Waals surface area (Å²) in [5.74, 6) is 3.73. The first-order valence-corrected chi connectivity index (χ1v) is 14.7. The molecule has 1 N–H and O–H groups in total. The minimum atomic E-state index is 0.363. The molecule has 4 aromatic rings. The third kappa shape index (κ3) is 3.46. The number of rotatable bonds is 4. The van der Waals surface area contributed by atoms with E-state index in [1.165, 1.54) is 83.9 Å². The molecule has 3 fully saturated rings. The van der Waals surface area contributed by atoms with E-state index in [4.69, 9.17) is 4.98 Å². The van der Waals surface area contributed by atoms with Gasteiger partial charge in [0.05, 0.1) is 16.7 Å². The molecule has 3 aliphatic rings. The first-order valence-electron chi connectivity index (χ1n) is 13.6. The maximum Gasteiger partial charge on any atom is 0.158 e. The second-order valence-corrected chi connectivity index (χ2v) is 12.9. The van der Waals surface area contributed by atoms with Crippen molar-refractivity contribution in [1.82, 2.24) is 29.5 Å². The van der Waals surface area contributed by atoms with Crippen LogP contribution < -0.4 is 0 Å². The predicted molar refractivity (Wildman–Crippen MR) is 148 cm³/mol. The molecule has 7 heteroatoms. The average molecular weight is 501 g/mol. The molecule has 0 aromatic carbocycles. The van der Waals surface area contributed by atoms with Gasteiger partial charge in [-0.15, -0.1) is 0 Å². The van der Waals surface area contributed by atoms with Gasteiger partial charge in [-0.2, -0.15) is 16.9 Å². The van der Waals surface area contributed by atoms with Crippen molar-refractivity contribution < 1.29 is 0 Å².